The van der Waals surface area contributed by atoms with Crippen LogP contribution in [0.15, 0.2) is 47.2 Å². The summed E-state index contributed by atoms with van der Waals surface area (Å²) in [4.78, 5) is 25.0. The second kappa shape index (κ2) is 8.85. The lowest BCUT2D eigenvalue weighted by Gasteiger charge is -2.21. The second-order valence-electron chi connectivity index (χ2n) is 6.72. The predicted octanol–water partition coefficient (Wildman–Crippen LogP) is 2.67. The van der Waals surface area contributed by atoms with Gasteiger partial charge in [0, 0.05) is 50.7 Å². The maximum atomic E-state index is 13.2. The molecule has 8 nitrogen and oxygen atoms in total. The van der Waals surface area contributed by atoms with E-state index < -0.39 is 11.6 Å². The number of halogens is 2. The fourth-order valence-electron chi connectivity index (χ4n) is 3.14. The number of rotatable bonds is 5. The van der Waals surface area contributed by atoms with Crippen LogP contribution in [0.1, 0.15) is 22.7 Å². The summed E-state index contributed by atoms with van der Waals surface area (Å²) in [6.07, 6.45) is 4.15. The highest BCUT2D eigenvalue weighted by atomic mass is 19.2. The van der Waals surface area contributed by atoms with E-state index in [0.29, 0.717) is 31.3 Å². The van der Waals surface area contributed by atoms with Crippen molar-refractivity contribution in [3.8, 4) is 5.75 Å². The van der Waals surface area contributed by atoms with Gasteiger partial charge in [-0.05, 0) is 24.6 Å². The van der Waals surface area contributed by atoms with Gasteiger partial charge in [-0.1, -0.05) is 5.16 Å². The van der Waals surface area contributed by atoms with E-state index in [0.717, 1.165) is 25.1 Å². The van der Waals surface area contributed by atoms with Crippen molar-refractivity contribution in [3.05, 3.63) is 65.8 Å². The first kappa shape index (κ1) is 19.7. The summed E-state index contributed by atoms with van der Waals surface area (Å²) < 4.78 is 36.7. The molecule has 1 amide bonds. The molecule has 1 aliphatic heterocycles. The van der Waals surface area contributed by atoms with Crippen LogP contribution < -0.4 is 9.64 Å². The fraction of sp³-hybridized carbons (Fsp3) is 0.300. The number of ether oxygens (including phenoxy) is 1. The van der Waals surface area contributed by atoms with Crippen LogP contribution in [0.3, 0.4) is 0 Å². The van der Waals surface area contributed by atoms with E-state index in [9.17, 15) is 13.6 Å². The van der Waals surface area contributed by atoms with Gasteiger partial charge in [0.25, 0.3) is 5.91 Å². The largest absolute Gasteiger partial charge is 0.485 e. The lowest BCUT2D eigenvalue weighted by molar-refractivity contribution is 0.0756. The average molecular weight is 415 g/mol. The highest BCUT2D eigenvalue weighted by Gasteiger charge is 2.24. The molecule has 10 heteroatoms. The van der Waals surface area contributed by atoms with Crippen LogP contribution in [0.2, 0.25) is 0 Å². The fourth-order valence-corrected chi connectivity index (χ4v) is 3.14. The van der Waals surface area contributed by atoms with E-state index in [-0.39, 0.29) is 24.0 Å². The van der Waals surface area contributed by atoms with Crippen LogP contribution in [0.4, 0.5) is 14.7 Å². The molecule has 0 N–H and O–H groups in total. The van der Waals surface area contributed by atoms with Crippen LogP contribution in [0.5, 0.6) is 5.75 Å². The van der Waals surface area contributed by atoms with Crippen molar-refractivity contribution in [2.75, 3.05) is 31.1 Å². The number of carbonyl (C=O) groups excluding carboxylic acids is 1. The molecule has 0 unspecified atom stereocenters. The molecule has 4 rings (SSSR count). The van der Waals surface area contributed by atoms with Gasteiger partial charge in [0.2, 0.25) is 5.95 Å². The van der Waals surface area contributed by atoms with Crippen molar-refractivity contribution < 1.29 is 22.8 Å². The first-order chi connectivity index (χ1) is 14.6. The van der Waals surface area contributed by atoms with Crippen LogP contribution in [-0.4, -0.2) is 52.1 Å². The number of carbonyl (C=O) groups is 1. The predicted molar refractivity (Wildman–Crippen MR) is 102 cm³/mol. The zero-order valence-electron chi connectivity index (χ0n) is 16.0. The van der Waals surface area contributed by atoms with Gasteiger partial charge >= 0.3 is 0 Å². The summed E-state index contributed by atoms with van der Waals surface area (Å²) >= 11 is 0. The molecule has 3 heterocycles. The Morgan fingerprint density at radius 1 is 1.07 bits per heavy atom. The molecule has 1 fully saturated rings. The first-order valence-electron chi connectivity index (χ1n) is 9.45. The van der Waals surface area contributed by atoms with Crippen molar-refractivity contribution in [1.29, 1.82) is 0 Å². The number of hydrogen-bond donors (Lipinski definition) is 0. The molecule has 0 spiro atoms. The third kappa shape index (κ3) is 4.53. The van der Waals surface area contributed by atoms with Gasteiger partial charge in [-0.2, -0.15) is 0 Å². The lowest BCUT2D eigenvalue weighted by Crippen LogP contribution is -2.35. The number of aromatic nitrogens is 3. The van der Waals surface area contributed by atoms with Gasteiger partial charge in [-0.25, -0.2) is 18.7 Å². The third-order valence-corrected chi connectivity index (χ3v) is 4.67. The van der Waals surface area contributed by atoms with Crippen molar-refractivity contribution in [2.24, 2.45) is 0 Å². The molecule has 0 radical (unpaired) electrons. The van der Waals surface area contributed by atoms with Crippen LogP contribution >= 0.6 is 0 Å². The highest BCUT2D eigenvalue weighted by molar-refractivity contribution is 5.92. The summed E-state index contributed by atoms with van der Waals surface area (Å²) in [5.74, 6) is -1.11. The molecule has 156 valence electrons. The Kier molecular flexibility index (Phi) is 5.82. The topological polar surface area (TPSA) is 84.6 Å². The van der Waals surface area contributed by atoms with E-state index >= 15 is 0 Å². The van der Waals surface area contributed by atoms with E-state index in [4.69, 9.17) is 9.26 Å². The monoisotopic (exact) mass is 415 g/mol. The number of benzene rings is 1. The van der Waals surface area contributed by atoms with Gasteiger partial charge < -0.3 is 19.1 Å². The molecular weight excluding hydrogens is 396 g/mol. The highest BCUT2D eigenvalue weighted by Crippen LogP contribution is 2.18. The summed E-state index contributed by atoms with van der Waals surface area (Å²) in [7, 11) is 0. The van der Waals surface area contributed by atoms with Crippen molar-refractivity contribution in [3.63, 3.8) is 0 Å². The van der Waals surface area contributed by atoms with Gasteiger partial charge in [0.1, 0.15) is 12.4 Å². The van der Waals surface area contributed by atoms with Gasteiger partial charge in [-0.3, -0.25) is 4.79 Å². The summed E-state index contributed by atoms with van der Waals surface area (Å²) in [6.45, 7) is 2.38. The summed E-state index contributed by atoms with van der Waals surface area (Å²) in [6, 6.07) is 6.47. The SMILES string of the molecule is O=C(c1cc(COc2ccc(F)c(F)c2)on1)N1CCCN(c2ncccn2)CC1. The first-order valence-corrected chi connectivity index (χ1v) is 9.45. The second-order valence-corrected chi connectivity index (χ2v) is 6.72. The van der Waals surface area contributed by atoms with Crippen molar-refractivity contribution >= 4 is 11.9 Å². The minimum absolute atomic E-state index is 0.0650. The molecule has 1 saturated heterocycles. The Balaban J connectivity index is 1.35. The lowest BCUT2D eigenvalue weighted by atomic mass is 10.3. The molecule has 0 aliphatic carbocycles. The maximum Gasteiger partial charge on any atom is 0.276 e. The normalized spacial score (nSPS) is 14.5. The standard InChI is InChI=1S/C20H19F2N5O3/c21-16-4-3-14(11-17(16)22)29-13-15-12-18(25-30-15)19(28)26-7-2-8-27(10-9-26)20-23-5-1-6-24-20/h1,3-6,11-12H,2,7-10,13H2. The van der Waals surface area contributed by atoms with Crippen molar-refractivity contribution in [1.82, 2.24) is 20.0 Å². The van der Waals surface area contributed by atoms with E-state index in [2.05, 4.69) is 15.1 Å². The van der Waals surface area contributed by atoms with Crippen LogP contribution in [0.25, 0.3) is 0 Å². The molecule has 0 atom stereocenters. The molecule has 0 saturated carbocycles. The Hall–Kier alpha value is -3.56. The maximum absolute atomic E-state index is 13.2. The van der Waals surface area contributed by atoms with E-state index in [1.807, 2.05) is 4.90 Å². The molecular formula is C20H19F2N5O3. The number of amides is 1. The van der Waals surface area contributed by atoms with Crippen LogP contribution in [-0.2, 0) is 6.61 Å². The van der Waals surface area contributed by atoms with Gasteiger partial charge in [-0.15, -0.1) is 0 Å². The number of hydrogen-bond acceptors (Lipinski definition) is 7. The average Bonchev–Trinajstić information content (AvgIpc) is 3.10. The van der Waals surface area contributed by atoms with Crippen molar-refractivity contribution in [2.45, 2.75) is 13.0 Å². The van der Waals surface area contributed by atoms with E-state index in [1.54, 1.807) is 23.4 Å². The van der Waals surface area contributed by atoms with Gasteiger partial charge in [0.05, 0.1) is 0 Å². The van der Waals surface area contributed by atoms with Crippen LogP contribution in [0, 0.1) is 11.6 Å². The molecule has 30 heavy (non-hydrogen) atoms. The van der Waals surface area contributed by atoms with E-state index in [1.165, 1.54) is 12.1 Å². The van der Waals surface area contributed by atoms with Gasteiger partial charge in [0.15, 0.2) is 23.1 Å². The molecule has 0 bridgehead atoms. The number of nitrogens with zero attached hydrogens (tertiary/aromatic N) is 5. The number of anilines is 1. The molecule has 1 aliphatic rings. The Morgan fingerprint density at radius 2 is 1.90 bits per heavy atom. The Morgan fingerprint density at radius 3 is 2.70 bits per heavy atom. The molecule has 3 aromatic rings. The minimum atomic E-state index is -1.00. The Bertz CT molecular complexity index is 1010. The quantitative estimate of drug-likeness (QED) is 0.633. The smallest absolute Gasteiger partial charge is 0.276 e. The summed E-state index contributed by atoms with van der Waals surface area (Å²) in [5.41, 5.74) is 0.170. The summed E-state index contributed by atoms with van der Waals surface area (Å²) in [5, 5.41) is 3.82. The zero-order chi connectivity index (χ0) is 20.9. The zero-order valence-corrected chi connectivity index (χ0v) is 16.0. The third-order valence-electron chi connectivity index (χ3n) is 4.67. The minimum Gasteiger partial charge on any atom is -0.485 e. The Labute approximate surface area is 171 Å². The molecule has 2 aromatic heterocycles. The molecule has 1 aromatic carbocycles.